The van der Waals surface area contributed by atoms with Crippen LogP contribution in [0.15, 0.2) is 18.2 Å². The van der Waals surface area contributed by atoms with Gasteiger partial charge in [-0.1, -0.05) is 6.07 Å². The summed E-state index contributed by atoms with van der Waals surface area (Å²) >= 11 is 0. The third kappa shape index (κ3) is 2.90. The molecule has 1 aromatic rings. The molecule has 0 spiro atoms. The van der Waals surface area contributed by atoms with Gasteiger partial charge in [-0.3, -0.25) is 4.90 Å². The lowest BCUT2D eigenvalue weighted by molar-refractivity contribution is -0.144. The molecule has 1 saturated heterocycles. The molecule has 0 amide bonds. The number of likely N-dealkylation sites (tertiary alicyclic amines) is 1. The zero-order valence-electron chi connectivity index (χ0n) is 12.1. The highest BCUT2D eigenvalue weighted by atomic mass is 16.7. The summed E-state index contributed by atoms with van der Waals surface area (Å²) in [6.07, 6.45) is -2.73. The molecule has 0 radical (unpaired) electrons. The quantitative estimate of drug-likeness (QED) is 0.549. The molecule has 1 fully saturated rings. The van der Waals surface area contributed by atoms with Crippen LogP contribution in [0.1, 0.15) is 5.56 Å². The Labute approximate surface area is 128 Å². The van der Waals surface area contributed by atoms with E-state index in [2.05, 4.69) is 0 Å². The Bertz CT molecular complexity index is 525. The van der Waals surface area contributed by atoms with Gasteiger partial charge >= 0.3 is 0 Å². The van der Waals surface area contributed by atoms with Crippen molar-refractivity contribution in [1.29, 1.82) is 0 Å². The van der Waals surface area contributed by atoms with Gasteiger partial charge in [0.2, 0.25) is 6.79 Å². The van der Waals surface area contributed by atoms with Gasteiger partial charge in [-0.2, -0.15) is 0 Å². The zero-order chi connectivity index (χ0) is 15.7. The predicted molar refractivity (Wildman–Crippen MR) is 76.7 cm³/mol. The lowest BCUT2D eigenvalue weighted by Gasteiger charge is -2.43. The molecule has 122 valence electrons. The number of aliphatic hydroxyl groups excluding tert-OH is 4. The van der Waals surface area contributed by atoms with Gasteiger partial charge < -0.3 is 29.9 Å². The molecule has 22 heavy (non-hydrogen) atoms. The number of benzene rings is 1. The number of nitrogens with zero attached hydrogens (tertiary/aromatic N) is 1. The predicted octanol–water partition coefficient (Wildman–Crippen LogP) is -1.28. The van der Waals surface area contributed by atoms with Crippen molar-refractivity contribution in [3.8, 4) is 11.5 Å². The molecule has 2 heterocycles. The van der Waals surface area contributed by atoms with Crippen molar-refractivity contribution in [3.63, 3.8) is 0 Å². The van der Waals surface area contributed by atoms with E-state index in [1.54, 1.807) is 4.90 Å². The molecule has 0 saturated carbocycles. The molecule has 0 bridgehead atoms. The van der Waals surface area contributed by atoms with E-state index in [0.29, 0.717) is 18.7 Å². The van der Waals surface area contributed by atoms with Crippen molar-refractivity contribution in [2.75, 3.05) is 26.5 Å². The van der Waals surface area contributed by atoms with E-state index in [0.717, 1.165) is 11.3 Å². The number of fused-ring (bicyclic) bond motifs is 1. The molecule has 7 heteroatoms. The summed E-state index contributed by atoms with van der Waals surface area (Å²) in [5.41, 5.74) is 1.04. The van der Waals surface area contributed by atoms with Gasteiger partial charge in [0.15, 0.2) is 11.5 Å². The average molecular weight is 311 g/mol. The molecule has 4 N–H and O–H groups in total. The molecule has 0 aliphatic carbocycles. The molecule has 2 aliphatic rings. The van der Waals surface area contributed by atoms with Crippen LogP contribution in [0.2, 0.25) is 0 Å². The second-order valence-electron chi connectivity index (χ2n) is 5.73. The monoisotopic (exact) mass is 311 g/mol. The van der Waals surface area contributed by atoms with E-state index in [9.17, 15) is 20.4 Å². The van der Waals surface area contributed by atoms with E-state index >= 15 is 0 Å². The summed E-state index contributed by atoms with van der Waals surface area (Å²) in [5, 5.41) is 38.9. The molecular weight excluding hydrogens is 290 g/mol. The standard InChI is InChI=1S/C15H21NO6/c17-7-10-14(19)15(20)11(18)6-16(10)4-3-9-1-2-12-13(5-9)22-8-21-12/h1-2,5,10-11,14-15,17-20H,3-4,6-8H2/t10-,11-,14+,15+/m0/s1. The Balaban J connectivity index is 1.64. The van der Waals surface area contributed by atoms with Crippen molar-refractivity contribution in [2.24, 2.45) is 0 Å². The van der Waals surface area contributed by atoms with E-state index in [-0.39, 0.29) is 19.9 Å². The Hall–Kier alpha value is -1.38. The lowest BCUT2D eigenvalue weighted by atomic mass is 9.94. The largest absolute Gasteiger partial charge is 0.454 e. The third-order valence-corrected chi connectivity index (χ3v) is 4.34. The average Bonchev–Trinajstić information content (AvgIpc) is 2.98. The summed E-state index contributed by atoms with van der Waals surface area (Å²) in [6.45, 7) is 0.722. The van der Waals surface area contributed by atoms with Crippen LogP contribution in [0.25, 0.3) is 0 Å². The number of rotatable bonds is 4. The summed E-state index contributed by atoms with van der Waals surface area (Å²) in [6, 6.07) is 5.12. The lowest BCUT2D eigenvalue weighted by Crippen LogP contribution is -2.62. The van der Waals surface area contributed by atoms with Crippen LogP contribution < -0.4 is 9.47 Å². The number of β-amino-alcohol motifs (C(OH)–C–C–N with tert-alkyl or cyclic N) is 1. The van der Waals surface area contributed by atoms with Gasteiger partial charge in [0.1, 0.15) is 12.2 Å². The Kier molecular flexibility index (Phi) is 4.51. The molecular formula is C15H21NO6. The number of hydrogen-bond acceptors (Lipinski definition) is 7. The van der Waals surface area contributed by atoms with Gasteiger partial charge in [0, 0.05) is 13.1 Å². The van der Waals surface area contributed by atoms with Crippen LogP contribution in [0.3, 0.4) is 0 Å². The highest BCUT2D eigenvalue weighted by Crippen LogP contribution is 2.32. The Morgan fingerprint density at radius 3 is 2.64 bits per heavy atom. The highest BCUT2D eigenvalue weighted by molar-refractivity contribution is 5.44. The molecule has 0 aromatic heterocycles. The molecule has 0 unspecified atom stereocenters. The van der Waals surface area contributed by atoms with Gasteiger partial charge in [0.25, 0.3) is 0 Å². The minimum atomic E-state index is -1.22. The minimum absolute atomic E-state index is 0.216. The summed E-state index contributed by atoms with van der Waals surface area (Å²) < 4.78 is 10.6. The van der Waals surface area contributed by atoms with E-state index in [1.165, 1.54) is 0 Å². The fraction of sp³-hybridized carbons (Fsp3) is 0.600. The van der Waals surface area contributed by atoms with Crippen molar-refractivity contribution in [1.82, 2.24) is 4.90 Å². The van der Waals surface area contributed by atoms with Gasteiger partial charge in [-0.15, -0.1) is 0 Å². The second kappa shape index (κ2) is 6.39. The molecule has 7 nitrogen and oxygen atoms in total. The Morgan fingerprint density at radius 2 is 1.86 bits per heavy atom. The number of aliphatic hydroxyl groups is 4. The number of ether oxygens (including phenoxy) is 2. The molecule has 3 rings (SSSR count). The fourth-order valence-corrected chi connectivity index (χ4v) is 3.00. The number of hydrogen-bond donors (Lipinski definition) is 4. The second-order valence-corrected chi connectivity index (χ2v) is 5.73. The maximum Gasteiger partial charge on any atom is 0.231 e. The first-order valence-corrected chi connectivity index (χ1v) is 7.38. The van der Waals surface area contributed by atoms with Crippen LogP contribution in [0, 0.1) is 0 Å². The van der Waals surface area contributed by atoms with Gasteiger partial charge in [0.05, 0.1) is 18.8 Å². The minimum Gasteiger partial charge on any atom is -0.454 e. The van der Waals surface area contributed by atoms with Crippen LogP contribution in [0.4, 0.5) is 0 Å². The summed E-state index contributed by atoms with van der Waals surface area (Å²) in [4.78, 5) is 1.80. The van der Waals surface area contributed by atoms with Crippen LogP contribution in [-0.2, 0) is 6.42 Å². The third-order valence-electron chi connectivity index (χ3n) is 4.34. The van der Waals surface area contributed by atoms with E-state index < -0.39 is 24.4 Å². The van der Waals surface area contributed by atoms with Gasteiger partial charge in [-0.25, -0.2) is 0 Å². The van der Waals surface area contributed by atoms with Crippen LogP contribution >= 0.6 is 0 Å². The smallest absolute Gasteiger partial charge is 0.231 e. The Morgan fingerprint density at radius 1 is 1.09 bits per heavy atom. The topological polar surface area (TPSA) is 103 Å². The van der Waals surface area contributed by atoms with Crippen molar-refractivity contribution in [3.05, 3.63) is 23.8 Å². The maximum atomic E-state index is 9.95. The van der Waals surface area contributed by atoms with Gasteiger partial charge in [-0.05, 0) is 24.1 Å². The first-order valence-electron chi connectivity index (χ1n) is 7.38. The molecule has 4 atom stereocenters. The highest BCUT2D eigenvalue weighted by Gasteiger charge is 2.40. The van der Waals surface area contributed by atoms with Crippen LogP contribution in [-0.4, -0.2) is 76.2 Å². The zero-order valence-corrected chi connectivity index (χ0v) is 12.1. The first-order chi connectivity index (χ1) is 10.6. The van der Waals surface area contributed by atoms with Crippen molar-refractivity contribution >= 4 is 0 Å². The van der Waals surface area contributed by atoms with Crippen molar-refractivity contribution in [2.45, 2.75) is 30.8 Å². The number of piperidine rings is 1. The van der Waals surface area contributed by atoms with Crippen molar-refractivity contribution < 1.29 is 29.9 Å². The van der Waals surface area contributed by atoms with E-state index in [4.69, 9.17) is 9.47 Å². The first kappa shape index (κ1) is 15.5. The molecule has 1 aromatic carbocycles. The fourth-order valence-electron chi connectivity index (χ4n) is 3.00. The molecule has 2 aliphatic heterocycles. The SMILES string of the molecule is OC[C@H]1[C@@H](O)[C@H](O)[C@@H](O)CN1CCc1ccc2c(c1)OCO2. The van der Waals surface area contributed by atoms with Crippen LogP contribution in [0.5, 0.6) is 11.5 Å². The maximum absolute atomic E-state index is 9.95. The summed E-state index contributed by atoms with van der Waals surface area (Å²) in [7, 11) is 0. The summed E-state index contributed by atoms with van der Waals surface area (Å²) in [5.74, 6) is 1.44. The normalized spacial score (nSPS) is 31.5. The van der Waals surface area contributed by atoms with E-state index in [1.807, 2.05) is 18.2 Å².